The van der Waals surface area contributed by atoms with Crippen LogP contribution in [0.3, 0.4) is 0 Å². The number of alkyl halides is 6. The molecule has 10 nitrogen and oxygen atoms in total. The molecule has 3 aromatic rings. The van der Waals surface area contributed by atoms with Gasteiger partial charge in [0, 0.05) is 62.9 Å². The monoisotopic (exact) mass is 655 g/mol. The summed E-state index contributed by atoms with van der Waals surface area (Å²) in [5.74, 6) is -0.279. The predicted molar refractivity (Wildman–Crippen MR) is 155 cm³/mol. The average molecular weight is 656 g/mol. The number of nitrogens with one attached hydrogen (secondary N) is 1. The van der Waals surface area contributed by atoms with Crippen molar-refractivity contribution in [1.82, 2.24) is 30.0 Å². The van der Waals surface area contributed by atoms with Crippen LogP contribution < -0.4 is 10.2 Å². The highest BCUT2D eigenvalue weighted by molar-refractivity contribution is 5.82. The third-order valence-electron chi connectivity index (χ3n) is 7.87. The fourth-order valence-electron chi connectivity index (χ4n) is 5.32. The Kier molecular flexibility index (Phi) is 9.87. The van der Waals surface area contributed by atoms with Crippen molar-refractivity contribution >= 4 is 17.9 Å². The van der Waals surface area contributed by atoms with E-state index in [1.807, 2.05) is 6.92 Å². The molecule has 0 spiro atoms. The normalized spacial score (nSPS) is 17.2. The number of hydrogen-bond acceptors (Lipinski definition) is 7. The van der Waals surface area contributed by atoms with Gasteiger partial charge in [-0.2, -0.15) is 31.4 Å². The zero-order chi connectivity index (χ0) is 34.0. The quantitative estimate of drug-likeness (QED) is 0.296. The van der Waals surface area contributed by atoms with Crippen molar-refractivity contribution in [3.63, 3.8) is 0 Å². The number of rotatable bonds is 9. The number of carbonyl (C=O) groups excluding carboxylic acids is 2. The molecular formula is C30H35F6N7O3. The Morgan fingerprint density at radius 2 is 1.61 bits per heavy atom. The number of benzene rings is 1. The lowest BCUT2D eigenvalue weighted by Crippen LogP contribution is -2.43. The summed E-state index contributed by atoms with van der Waals surface area (Å²) in [6.45, 7) is 4.47. The molecule has 0 aliphatic carbocycles. The summed E-state index contributed by atoms with van der Waals surface area (Å²) in [5, 5.41) is 6.62. The summed E-state index contributed by atoms with van der Waals surface area (Å²) in [6, 6.07) is 0.451. The van der Waals surface area contributed by atoms with Gasteiger partial charge in [-0.25, -0.2) is 14.8 Å². The number of halogens is 6. The topological polar surface area (TPSA) is 105 Å². The summed E-state index contributed by atoms with van der Waals surface area (Å²) in [4.78, 5) is 37.2. The Labute approximate surface area is 261 Å². The summed E-state index contributed by atoms with van der Waals surface area (Å²) in [7, 11) is 3.19. The van der Waals surface area contributed by atoms with Crippen LogP contribution in [0.15, 0.2) is 43.0 Å². The number of anilines is 1. The molecule has 1 aromatic carbocycles. The lowest BCUT2D eigenvalue weighted by atomic mass is 9.94. The van der Waals surface area contributed by atoms with E-state index in [0.717, 1.165) is 0 Å². The Hall–Kier alpha value is -4.37. The number of aryl methyl sites for hydroxylation is 1. The van der Waals surface area contributed by atoms with Gasteiger partial charge in [-0.3, -0.25) is 9.48 Å². The Morgan fingerprint density at radius 3 is 2.11 bits per heavy atom. The minimum atomic E-state index is -5.02. The maximum absolute atomic E-state index is 13.7. The first-order valence-corrected chi connectivity index (χ1v) is 14.4. The maximum Gasteiger partial charge on any atom is 0.416 e. The summed E-state index contributed by atoms with van der Waals surface area (Å²) in [6.07, 6.45) is -3.65. The van der Waals surface area contributed by atoms with E-state index in [4.69, 9.17) is 4.74 Å². The maximum atomic E-state index is 13.7. The van der Waals surface area contributed by atoms with Crippen LogP contribution in [0.5, 0.6) is 0 Å². The van der Waals surface area contributed by atoms with Crippen molar-refractivity contribution in [1.29, 1.82) is 0 Å². The van der Waals surface area contributed by atoms with Crippen molar-refractivity contribution in [3.05, 3.63) is 59.7 Å². The molecule has 1 N–H and O–H groups in total. The molecule has 4 rings (SSSR count). The van der Waals surface area contributed by atoms with Gasteiger partial charge in [0.1, 0.15) is 6.61 Å². The number of aromatic nitrogens is 4. The van der Waals surface area contributed by atoms with Crippen LogP contribution in [0.2, 0.25) is 0 Å². The van der Waals surface area contributed by atoms with Crippen LogP contribution in [0.4, 0.5) is 37.1 Å². The van der Waals surface area contributed by atoms with Crippen LogP contribution in [0.25, 0.3) is 11.1 Å². The second kappa shape index (κ2) is 13.2. The number of ether oxygens (including phenoxy) is 1. The molecule has 2 aromatic heterocycles. The molecule has 2 atom stereocenters. The largest absolute Gasteiger partial charge is 0.448 e. The van der Waals surface area contributed by atoms with E-state index in [0.29, 0.717) is 36.1 Å². The van der Waals surface area contributed by atoms with Crippen LogP contribution in [-0.2, 0) is 35.5 Å². The van der Waals surface area contributed by atoms with Crippen molar-refractivity contribution in [2.24, 2.45) is 12.5 Å². The van der Waals surface area contributed by atoms with Crippen LogP contribution in [-0.4, -0.2) is 68.9 Å². The zero-order valence-electron chi connectivity index (χ0n) is 25.9. The van der Waals surface area contributed by atoms with Crippen molar-refractivity contribution < 1.29 is 40.7 Å². The van der Waals surface area contributed by atoms with Gasteiger partial charge in [-0.15, -0.1) is 0 Å². The van der Waals surface area contributed by atoms with E-state index < -0.39 is 47.6 Å². The van der Waals surface area contributed by atoms with Crippen LogP contribution in [0, 0.1) is 5.41 Å². The number of hydrogen-bond donors (Lipinski definition) is 1. The van der Waals surface area contributed by atoms with Crippen LogP contribution in [0.1, 0.15) is 50.3 Å². The molecular weight excluding hydrogens is 620 g/mol. The minimum absolute atomic E-state index is 0.0244. The van der Waals surface area contributed by atoms with E-state index in [2.05, 4.69) is 20.4 Å². The first-order chi connectivity index (χ1) is 21.4. The third-order valence-corrected chi connectivity index (χ3v) is 7.87. The molecule has 46 heavy (non-hydrogen) atoms. The summed E-state index contributed by atoms with van der Waals surface area (Å²) < 4.78 is 89.1. The first kappa shape index (κ1) is 34.5. The fourth-order valence-corrected chi connectivity index (χ4v) is 5.32. The average Bonchev–Trinajstić information content (AvgIpc) is 3.64. The Morgan fingerprint density at radius 1 is 1.00 bits per heavy atom. The van der Waals surface area contributed by atoms with E-state index in [9.17, 15) is 35.9 Å². The molecule has 0 radical (unpaired) electrons. The number of nitrogens with zero attached hydrogens (tertiary/aromatic N) is 6. The van der Waals surface area contributed by atoms with Gasteiger partial charge in [-0.05, 0) is 50.5 Å². The van der Waals surface area contributed by atoms with Gasteiger partial charge in [0.15, 0.2) is 0 Å². The number of amides is 2. The number of carbonyl (C=O) groups is 2. The third kappa shape index (κ3) is 7.88. The van der Waals surface area contributed by atoms with Gasteiger partial charge in [0.2, 0.25) is 11.9 Å². The molecule has 1 saturated heterocycles. The first-order valence-electron chi connectivity index (χ1n) is 14.4. The van der Waals surface area contributed by atoms with Gasteiger partial charge >= 0.3 is 18.4 Å². The lowest BCUT2D eigenvalue weighted by molar-refractivity contribution is -0.143. The van der Waals surface area contributed by atoms with E-state index in [-0.39, 0.29) is 42.7 Å². The van der Waals surface area contributed by atoms with Gasteiger partial charge in [0.25, 0.3) is 0 Å². The smallest absolute Gasteiger partial charge is 0.416 e. The highest BCUT2D eigenvalue weighted by Gasteiger charge is 2.41. The van der Waals surface area contributed by atoms with Gasteiger partial charge < -0.3 is 19.9 Å². The molecule has 250 valence electrons. The van der Waals surface area contributed by atoms with Crippen molar-refractivity contribution in [2.75, 3.05) is 25.1 Å². The molecule has 0 saturated carbocycles. The molecule has 0 unspecified atom stereocenters. The molecule has 3 heterocycles. The molecule has 1 aliphatic heterocycles. The van der Waals surface area contributed by atoms with Crippen LogP contribution >= 0.6 is 0 Å². The highest BCUT2D eigenvalue weighted by Crippen LogP contribution is 2.37. The standard InChI is InChI=1S/C30H35F6N7O3/c1-6-23-10-24(16-43(23)27(45)46-17-28(2,3)25(44)37-4)42(26-38-11-19(12-39-26)20-13-40-41(5)15-20)14-18-7-21(29(31,32)33)9-22(8-18)30(34,35)36/h7-9,11-13,15,23-24H,6,10,14,16-17H2,1-5H3,(H,37,44)/t23-,24+/m1/s1. The van der Waals surface area contributed by atoms with E-state index in [1.54, 1.807) is 38.0 Å². The van der Waals surface area contributed by atoms with E-state index >= 15 is 0 Å². The molecule has 1 aliphatic rings. The fraction of sp³-hybridized carbons (Fsp3) is 0.500. The van der Waals surface area contributed by atoms with Gasteiger partial charge in [-0.1, -0.05) is 6.92 Å². The Bertz CT molecular complexity index is 1510. The minimum Gasteiger partial charge on any atom is -0.448 e. The summed E-state index contributed by atoms with van der Waals surface area (Å²) in [5.41, 5.74) is -2.85. The second-order valence-corrected chi connectivity index (χ2v) is 11.8. The molecule has 1 fully saturated rings. The van der Waals surface area contributed by atoms with Crippen molar-refractivity contribution in [3.8, 4) is 11.1 Å². The predicted octanol–water partition coefficient (Wildman–Crippen LogP) is 5.68. The lowest BCUT2D eigenvalue weighted by Gasteiger charge is -2.30. The van der Waals surface area contributed by atoms with Gasteiger partial charge in [0.05, 0.1) is 28.8 Å². The highest BCUT2D eigenvalue weighted by atomic mass is 19.4. The Balaban J connectivity index is 1.69. The second-order valence-electron chi connectivity index (χ2n) is 11.8. The molecule has 16 heteroatoms. The number of likely N-dealkylation sites (tertiary alicyclic amines) is 1. The molecule has 0 bridgehead atoms. The molecule has 2 amide bonds. The van der Waals surface area contributed by atoms with Crippen molar-refractivity contribution in [2.45, 2.75) is 64.6 Å². The van der Waals surface area contributed by atoms with E-state index in [1.165, 1.54) is 29.2 Å². The SMILES string of the molecule is CC[C@@H]1C[C@H](N(Cc2cc(C(F)(F)F)cc(C(F)(F)F)c2)c2ncc(-c3cnn(C)c3)cn2)CN1C(=O)OCC(C)(C)C(=O)NC. The zero-order valence-corrected chi connectivity index (χ0v) is 25.9. The summed E-state index contributed by atoms with van der Waals surface area (Å²) >= 11 is 0.